The molecule has 0 aromatic heterocycles. The smallest absolute Gasteiger partial charge is 0.144 e. The Labute approximate surface area is 85.7 Å². The van der Waals surface area contributed by atoms with Crippen LogP contribution in [0.15, 0.2) is 0 Å². The van der Waals surface area contributed by atoms with Crippen LogP contribution in [-0.2, 0) is 4.79 Å². The van der Waals surface area contributed by atoms with Crippen LogP contribution < -0.4 is 0 Å². The predicted octanol–water partition coefficient (Wildman–Crippen LogP) is 2.30. The van der Waals surface area contributed by atoms with Crippen molar-refractivity contribution in [2.45, 2.75) is 51.4 Å². The van der Waals surface area contributed by atoms with Gasteiger partial charge in [-0.15, -0.1) is 0 Å². The number of ketones is 1. The minimum absolute atomic E-state index is 0.0856. The minimum atomic E-state index is -0.304. The van der Waals surface area contributed by atoms with Gasteiger partial charge in [0, 0.05) is 5.92 Å². The van der Waals surface area contributed by atoms with Gasteiger partial charge in [-0.2, -0.15) is 0 Å². The molecule has 1 N–H and O–H groups in total. The summed E-state index contributed by atoms with van der Waals surface area (Å²) in [6, 6.07) is 0. The van der Waals surface area contributed by atoms with Gasteiger partial charge in [0.15, 0.2) is 0 Å². The fraction of sp³-hybridized carbons (Fsp3) is 0.917. The second-order valence-corrected chi connectivity index (χ2v) is 4.99. The van der Waals surface area contributed by atoms with E-state index in [9.17, 15) is 9.90 Å². The molecule has 0 aliphatic heterocycles. The van der Waals surface area contributed by atoms with Crippen LogP contribution in [0.2, 0.25) is 0 Å². The summed E-state index contributed by atoms with van der Waals surface area (Å²) in [5, 5.41) is 9.32. The van der Waals surface area contributed by atoms with Crippen molar-refractivity contribution in [3.63, 3.8) is 0 Å². The average Bonchev–Trinajstić information content (AvgIpc) is 2.18. The third kappa shape index (κ3) is 1.60. The number of carbonyl (C=O) groups excluding carboxylic acids is 1. The first-order chi connectivity index (χ1) is 6.78. The van der Waals surface area contributed by atoms with E-state index in [0.29, 0.717) is 5.78 Å². The zero-order valence-electron chi connectivity index (χ0n) is 8.80. The van der Waals surface area contributed by atoms with Crippen molar-refractivity contribution in [3.05, 3.63) is 0 Å². The van der Waals surface area contributed by atoms with E-state index in [2.05, 4.69) is 0 Å². The first-order valence-electron chi connectivity index (χ1n) is 5.94. The number of Topliss-reactive ketones (excluding diaryl/α,β-unsaturated/α-hetero) is 1. The van der Waals surface area contributed by atoms with E-state index in [-0.39, 0.29) is 17.9 Å². The number of aliphatic hydroxyl groups excluding tert-OH is 1. The Kier molecular flexibility index (Phi) is 2.91. The summed E-state index contributed by atoms with van der Waals surface area (Å²) in [5.41, 5.74) is -0.304. The molecule has 0 bridgehead atoms. The van der Waals surface area contributed by atoms with Gasteiger partial charge >= 0.3 is 0 Å². The van der Waals surface area contributed by atoms with Gasteiger partial charge in [0.2, 0.25) is 0 Å². The van der Waals surface area contributed by atoms with Crippen LogP contribution in [0.4, 0.5) is 0 Å². The van der Waals surface area contributed by atoms with E-state index < -0.39 is 0 Å². The quantitative estimate of drug-likeness (QED) is 0.752. The molecule has 2 saturated carbocycles. The van der Waals surface area contributed by atoms with Gasteiger partial charge in [-0.1, -0.05) is 25.7 Å². The Morgan fingerprint density at radius 2 is 1.79 bits per heavy atom. The number of hydrogen-bond donors (Lipinski definition) is 1. The molecule has 0 heterocycles. The summed E-state index contributed by atoms with van der Waals surface area (Å²) in [6.07, 6.45) is 8.82. The van der Waals surface area contributed by atoms with Crippen molar-refractivity contribution < 1.29 is 9.90 Å². The third-order valence-corrected chi connectivity index (χ3v) is 4.11. The maximum Gasteiger partial charge on any atom is 0.144 e. The van der Waals surface area contributed by atoms with E-state index in [0.717, 1.165) is 32.1 Å². The van der Waals surface area contributed by atoms with Crippen molar-refractivity contribution in [2.24, 2.45) is 11.3 Å². The zero-order chi connectivity index (χ0) is 10.0. The molecule has 80 valence electrons. The molecule has 0 aromatic rings. The molecule has 0 unspecified atom stereocenters. The largest absolute Gasteiger partial charge is 0.395 e. The van der Waals surface area contributed by atoms with Crippen molar-refractivity contribution in [1.29, 1.82) is 0 Å². The topological polar surface area (TPSA) is 37.3 Å². The molecule has 2 rings (SSSR count). The second-order valence-electron chi connectivity index (χ2n) is 4.99. The number of aliphatic hydroxyl groups is 1. The van der Waals surface area contributed by atoms with Crippen LogP contribution in [0, 0.1) is 11.3 Å². The lowest BCUT2D eigenvalue weighted by atomic mass is 9.62. The third-order valence-electron chi connectivity index (χ3n) is 4.11. The van der Waals surface area contributed by atoms with Crippen LogP contribution in [0.1, 0.15) is 51.4 Å². The Bertz CT molecular complexity index is 207. The maximum absolute atomic E-state index is 12.2. The van der Waals surface area contributed by atoms with E-state index >= 15 is 0 Å². The molecule has 2 aliphatic carbocycles. The predicted molar refractivity (Wildman–Crippen MR) is 55.0 cm³/mol. The Hall–Kier alpha value is -0.370. The summed E-state index contributed by atoms with van der Waals surface area (Å²) in [4.78, 5) is 12.2. The highest BCUT2D eigenvalue weighted by Crippen LogP contribution is 2.45. The minimum Gasteiger partial charge on any atom is -0.395 e. The average molecular weight is 196 g/mol. The summed E-state index contributed by atoms with van der Waals surface area (Å²) in [5.74, 6) is 0.655. The summed E-state index contributed by atoms with van der Waals surface area (Å²) in [7, 11) is 0. The summed E-state index contributed by atoms with van der Waals surface area (Å²) in [6.45, 7) is 0.0856. The molecule has 2 nitrogen and oxygen atoms in total. The molecule has 0 spiro atoms. The van der Waals surface area contributed by atoms with E-state index in [4.69, 9.17) is 0 Å². The van der Waals surface area contributed by atoms with Gasteiger partial charge in [0.1, 0.15) is 5.78 Å². The normalized spacial score (nSPS) is 26.9. The molecule has 2 aliphatic rings. The highest BCUT2D eigenvalue weighted by molar-refractivity contribution is 5.88. The Morgan fingerprint density at radius 3 is 2.21 bits per heavy atom. The summed E-state index contributed by atoms with van der Waals surface area (Å²) < 4.78 is 0. The van der Waals surface area contributed by atoms with Gasteiger partial charge in [0.25, 0.3) is 0 Å². The van der Waals surface area contributed by atoms with Gasteiger partial charge < -0.3 is 5.11 Å². The molecule has 0 aromatic carbocycles. The SMILES string of the molecule is O=C(C1CCCCC1)C1(CO)CCC1. The molecule has 0 atom stereocenters. The standard InChI is InChI=1S/C12H20O2/c13-9-12(7-4-8-12)11(14)10-5-2-1-3-6-10/h10,13H,1-9H2. The Morgan fingerprint density at radius 1 is 1.14 bits per heavy atom. The molecule has 2 fully saturated rings. The lowest BCUT2D eigenvalue weighted by Crippen LogP contribution is -2.45. The molecule has 14 heavy (non-hydrogen) atoms. The van der Waals surface area contributed by atoms with Crippen LogP contribution in [0.3, 0.4) is 0 Å². The Balaban J connectivity index is 1.98. The van der Waals surface area contributed by atoms with Crippen molar-refractivity contribution in [2.75, 3.05) is 6.61 Å². The lowest BCUT2D eigenvalue weighted by molar-refractivity contribution is -0.142. The number of rotatable bonds is 3. The molecule has 0 radical (unpaired) electrons. The fourth-order valence-electron chi connectivity index (χ4n) is 2.88. The van der Waals surface area contributed by atoms with Gasteiger partial charge in [-0.3, -0.25) is 4.79 Å². The molecule has 0 amide bonds. The first kappa shape index (κ1) is 10.2. The van der Waals surface area contributed by atoms with Crippen molar-refractivity contribution in [3.8, 4) is 0 Å². The maximum atomic E-state index is 12.2. The number of carbonyl (C=O) groups is 1. The van der Waals surface area contributed by atoms with Crippen LogP contribution >= 0.6 is 0 Å². The molecular weight excluding hydrogens is 176 g/mol. The van der Waals surface area contributed by atoms with Crippen molar-refractivity contribution in [1.82, 2.24) is 0 Å². The van der Waals surface area contributed by atoms with Crippen LogP contribution in [0.25, 0.3) is 0 Å². The van der Waals surface area contributed by atoms with E-state index in [1.807, 2.05) is 0 Å². The van der Waals surface area contributed by atoms with Gasteiger partial charge in [-0.25, -0.2) is 0 Å². The van der Waals surface area contributed by atoms with Crippen LogP contribution in [-0.4, -0.2) is 17.5 Å². The van der Waals surface area contributed by atoms with Gasteiger partial charge in [-0.05, 0) is 25.7 Å². The molecular formula is C12H20O2. The zero-order valence-corrected chi connectivity index (χ0v) is 8.80. The van der Waals surface area contributed by atoms with Gasteiger partial charge in [0.05, 0.1) is 12.0 Å². The summed E-state index contributed by atoms with van der Waals surface area (Å²) >= 11 is 0. The molecule has 0 saturated heterocycles. The lowest BCUT2D eigenvalue weighted by Gasteiger charge is -2.41. The second kappa shape index (κ2) is 4.01. The van der Waals surface area contributed by atoms with Crippen LogP contribution in [0.5, 0.6) is 0 Å². The first-order valence-corrected chi connectivity index (χ1v) is 5.94. The van der Waals surface area contributed by atoms with Crippen molar-refractivity contribution >= 4 is 5.78 Å². The van der Waals surface area contributed by atoms with E-state index in [1.165, 1.54) is 19.3 Å². The fourth-order valence-corrected chi connectivity index (χ4v) is 2.88. The highest BCUT2D eigenvalue weighted by Gasteiger charge is 2.45. The number of hydrogen-bond acceptors (Lipinski definition) is 2. The highest BCUT2D eigenvalue weighted by atomic mass is 16.3. The molecule has 2 heteroatoms. The monoisotopic (exact) mass is 196 g/mol. The van der Waals surface area contributed by atoms with E-state index in [1.54, 1.807) is 0 Å².